The molecule has 0 spiro atoms. The van der Waals surface area contributed by atoms with Gasteiger partial charge in [0.05, 0.1) is 5.71 Å². The van der Waals surface area contributed by atoms with Gasteiger partial charge in [0, 0.05) is 18.0 Å². The maximum Gasteiger partial charge on any atom is 0.281 e. The summed E-state index contributed by atoms with van der Waals surface area (Å²) in [7, 11) is 0. The van der Waals surface area contributed by atoms with Gasteiger partial charge in [0.2, 0.25) is 0 Å². The fourth-order valence-electron chi connectivity index (χ4n) is 2.66. The Labute approximate surface area is 152 Å². The van der Waals surface area contributed by atoms with E-state index in [2.05, 4.69) is 15.5 Å². The normalized spacial score (nSPS) is 11.8. The molecule has 1 heterocycles. The van der Waals surface area contributed by atoms with Gasteiger partial charge < -0.3 is 5.11 Å². The smallest absolute Gasteiger partial charge is 0.281 e. The molecular weight excluding hydrogens is 326 g/mol. The van der Waals surface area contributed by atoms with Crippen LogP contribution >= 0.6 is 0 Å². The minimum absolute atomic E-state index is 0.473. The molecule has 0 aliphatic carbocycles. The van der Waals surface area contributed by atoms with Gasteiger partial charge >= 0.3 is 0 Å². The zero-order valence-corrected chi connectivity index (χ0v) is 14.3. The number of hydrogen-bond donors (Lipinski definition) is 2. The molecule has 3 aromatic rings. The minimum atomic E-state index is -1.84. The molecule has 0 fully saturated rings. The first kappa shape index (κ1) is 17.5. The lowest BCUT2D eigenvalue weighted by Gasteiger charge is -2.27. The van der Waals surface area contributed by atoms with E-state index in [-0.39, 0.29) is 0 Å². The fraction of sp³-hybridized carbons (Fsp3) is 0.0952. The second-order valence-corrected chi connectivity index (χ2v) is 5.82. The van der Waals surface area contributed by atoms with E-state index in [4.69, 9.17) is 0 Å². The summed E-state index contributed by atoms with van der Waals surface area (Å²) in [4.78, 5) is 16.9. The van der Waals surface area contributed by atoms with Crippen LogP contribution in [-0.2, 0) is 10.4 Å². The zero-order chi connectivity index (χ0) is 18.4. The summed E-state index contributed by atoms with van der Waals surface area (Å²) in [6, 6.07) is 21.2. The van der Waals surface area contributed by atoms with Gasteiger partial charge in [0.25, 0.3) is 5.91 Å². The number of carbonyl (C=O) groups excluding carboxylic acids is 1. The lowest BCUT2D eigenvalue weighted by Crippen LogP contribution is -2.43. The Kier molecular flexibility index (Phi) is 5.20. The molecule has 0 bridgehead atoms. The summed E-state index contributed by atoms with van der Waals surface area (Å²) in [6.07, 6.45) is 3.31. The molecule has 26 heavy (non-hydrogen) atoms. The van der Waals surface area contributed by atoms with Crippen molar-refractivity contribution in [2.24, 2.45) is 5.10 Å². The highest BCUT2D eigenvalue weighted by molar-refractivity contribution is 5.99. The Morgan fingerprint density at radius 3 is 1.92 bits per heavy atom. The molecule has 0 atom stereocenters. The van der Waals surface area contributed by atoms with Crippen LogP contribution < -0.4 is 5.43 Å². The van der Waals surface area contributed by atoms with Gasteiger partial charge in [-0.05, 0) is 30.2 Å². The number of benzene rings is 2. The fourth-order valence-corrected chi connectivity index (χ4v) is 2.66. The molecule has 0 aliphatic heterocycles. The van der Waals surface area contributed by atoms with Crippen molar-refractivity contribution in [1.29, 1.82) is 0 Å². The number of pyridine rings is 1. The van der Waals surface area contributed by atoms with Crippen molar-refractivity contribution in [2.45, 2.75) is 12.5 Å². The lowest BCUT2D eigenvalue weighted by molar-refractivity contribution is -0.136. The van der Waals surface area contributed by atoms with Gasteiger partial charge in [0.1, 0.15) is 0 Å². The number of nitrogens with one attached hydrogen (secondary N) is 1. The average Bonchev–Trinajstić information content (AvgIpc) is 2.73. The molecule has 2 N–H and O–H groups in total. The Hall–Kier alpha value is -3.31. The van der Waals surface area contributed by atoms with Gasteiger partial charge in [0.15, 0.2) is 5.60 Å². The monoisotopic (exact) mass is 345 g/mol. The van der Waals surface area contributed by atoms with E-state index in [1.54, 1.807) is 80.0 Å². The van der Waals surface area contributed by atoms with Crippen LogP contribution in [0.25, 0.3) is 0 Å². The zero-order valence-electron chi connectivity index (χ0n) is 14.3. The predicted octanol–water partition coefficient (Wildman–Crippen LogP) is 2.86. The van der Waals surface area contributed by atoms with Crippen molar-refractivity contribution in [2.75, 3.05) is 0 Å². The highest BCUT2D eigenvalue weighted by atomic mass is 16.3. The molecule has 0 saturated heterocycles. The van der Waals surface area contributed by atoms with E-state index >= 15 is 0 Å². The predicted molar refractivity (Wildman–Crippen MR) is 100 cm³/mol. The van der Waals surface area contributed by atoms with E-state index in [1.807, 2.05) is 12.1 Å². The Morgan fingerprint density at radius 1 is 0.923 bits per heavy atom. The van der Waals surface area contributed by atoms with Crippen LogP contribution in [-0.4, -0.2) is 21.7 Å². The maximum atomic E-state index is 12.9. The lowest BCUT2D eigenvalue weighted by atomic mass is 9.85. The van der Waals surface area contributed by atoms with Gasteiger partial charge in [-0.15, -0.1) is 0 Å². The largest absolute Gasteiger partial charge is 0.372 e. The van der Waals surface area contributed by atoms with Gasteiger partial charge in [-0.2, -0.15) is 5.10 Å². The summed E-state index contributed by atoms with van der Waals surface area (Å²) in [5.41, 5.74) is 3.05. The first-order valence-corrected chi connectivity index (χ1v) is 8.21. The highest BCUT2D eigenvalue weighted by Gasteiger charge is 2.39. The van der Waals surface area contributed by atoms with Crippen molar-refractivity contribution in [1.82, 2.24) is 10.4 Å². The van der Waals surface area contributed by atoms with Crippen LogP contribution in [0.1, 0.15) is 23.6 Å². The molecule has 5 heteroatoms. The van der Waals surface area contributed by atoms with Gasteiger partial charge in [-0.25, -0.2) is 5.43 Å². The number of nitrogens with zero attached hydrogens (tertiary/aromatic N) is 2. The number of aromatic nitrogens is 1. The Balaban J connectivity index is 1.94. The topological polar surface area (TPSA) is 74.6 Å². The summed E-state index contributed by atoms with van der Waals surface area (Å²) < 4.78 is 0. The van der Waals surface area contributed by atoms with Crippen LogP contribution in [0.4, 0.5) is 0 Å². The van der Waals surface area contributed by atoms with Gasteiger partial charge in [-0.1, -0.05) is 60.7 Å². The van der Waals surface area contributed by atoms with Gasteiger partial charge in [-0.3, -0.25) is 9.78 Å². The molecular formula is C21H19N3O2. The molecule has 0 aliphatic rings. The summed E-state index contributed by atoms with van der Waals surface area (Å²) >= 11 is 0. The van der Waals surface area contributed by atoms with Crippen LogP contribution in [0.3, 0.4) is 0 Å². The molecule has 3 rings (SSSR count). The van der Waals surface area contributed by atoms with Crippen molar-refractivity contribution in [3.63, 3.8) is 0 Å². The standard InChI is InChI=1S/C21H19N3O2/c1-16(17-12-14-22-15-13-17)23-24-20(25)21(26,18-8-4-2-5-9-18)19-10-6-3-7-11-19/h2-15,26H,1H3,(H,24,25)/b23-16+. The number of rotatable bonds is 5. The maximum absolute atomic E-state index is 12.9. The first-order valence-electron chi connectivity index (χ1n) is 8.21. The van der Waals surface area contributed by atoms with E-state index in [0.717, 1.165) is 5.56 Å². The molecule has 0 radical (unpaired) electrons. The molecule has 5 nitrogen and oxygen atoms in total. The third-order valence-corrected chi connectivity index (χ3v) is 4.13. The molecule has 130 valence electrons. The number of carbonyl (C=O) groups is 1. The molecule has 1 amide bonds. The Bertz CT molecular complexity index is 855. The van der Waals surface area contributed by atoms with Crippen LogP contribution in [0.15, 0.2) is 90.3 Å². The minimum Gasteiger partial charge on any atom is -0.372 e. The number of hydrazone groups is 1. The second-order valence-electron chi connectivity index (χ2n) is 5.82. The van der Waals surface area contributed by atoms with Crippen LogP contribution in [0.2, 0.25) is 0 Å². The first-order chi connectivity index (χ1) is 12.6. The number of hydrogen-bond acceptors (Lipinski definition) is 4. The van der Waals surface area contributed by atoms with E-state index in [1.165, 1.54) is 0 Å². The molecule has 2 aromatic carbocycles. The Morgan fingerprint density at radius 2 is 1.42 bits per heavy atom. The van der Waals surface area contributed by atoms with E-state index in [9.17, 15) is 9.90 Å². The van der Waals surface area contributed by atoms with Crippen molar-refractivity contribution in [3.8, 4) is 0 Å². The molecule has 0 unspecified atom stereocenters. The molecule has 1 aromatic heterocycles. The highest BCUT2D eigenvalue weighted by Crippen LogP contribution is 2.29. The quantitative estimate of drug-likeness (QED) is 0.551. The van der Waals surface area contributed by atoms with Crippen molar-refractivity contribution < 1.29 is 9.90 Å². The second kappa shape index (κ2) is 7.72. The average molecular weight is 345 g/mol. The summed E-state index contributed by atoms with van der Waals surface area (Å²) in [5.74, 6) is -0.622. The van der Waals surface area contributed by atoms with E-state index < -0.39 is 11.5 Å². The summed E-state index contributed by atoms with van der Waals surface area (Å²) in [5, 5.41) is 15.5. The summed E-state index contributed by atoms with van der Waals surface area (Å²) in [6.45, 7) is 1.78. The number of amides is 1. The number of aliphatic hydroxyl groups is 1. The van der Waals surface area contributed by atoms with Crippen molar-refractivity contribution in [3.05, 3.63) is 102 Å². The molecule has 0 saturated carbocycles. The van der Waals surface area contributed by atoms with E-state index in [0.29, 0.717) is 16.8 Å². The third kappa shape index (κ3) is 3.53. The van der Waals surface area contributed by atoms with Crippen LogP contribution in [0.5, 0.6) is 0 Å². The SMILES string of the molecule is C/C(=N\NC(=O)C(O)(c1ccccc1)c1ccccc1)c1ccncc1. The third-order valence-electron chi connectivity index (χ3n) is 4.13. The van der Waals surface area contributed by atoms with Crippen molar-refractivity contribution >= 4 is 11.6 Å². The van der Waals surface area contributed by atoms with Crippen LogP contribution in [0, 0.1) is 0 Å².